The molecule has 0 fully saturated rings. The minimum atomic E-state index is -0.391. The average molecular weight is 284 g/mol. The largest absolute Gasteiger partial charge is 0.312 e. The summed E-state index contributed by atoms with van der Waals surface area (Å²) in [5.41, 5.74) is 4.86. The van der Waals surface area contributed by atoms with E-state index in [1.54, 1.807) is 12.1 Å². The predicted octanol–water partition coefficient (Wildman–Crippen LogP) is 2.31. The van der Waals surface area contributed by atoms with Gasteiger partial charge in [0.05, 0.1) is 10.6 Å². The highest BCUT2D eigenvalue weighted by molar-refractivity contribution is 5.64. The van der Waals surface area contributed by atoms with Crippen LogP contribution in [0.2, 0.25) is 0 Å². The van der Waals surface area contributed by atoms with Gasteiger partial charge in [-0.15, -0.1) is 0 Å². The van der Waals surface area contributed by atoms with Gasteiger partial charge in [0.2, 0.25) is 0 Å². The lowest BCUT2D eigenvalue weighted by molar-refractivity contribution is -0.384. The third-order valence-corrected chi connectivity index (χ3v) is 3.81. The van der Waals surface area contributed by atoms with Crippen molar-refractivity contribution in [3.05, 3.63) is 50.8 Å². The molecule has 0 spiro atoms. The molecule has 0 saturated heterocycles. The molecular formula is C15H16N4O2. The summed E-state index contributed by atoms with van der Waals surface area (Å²) in [6.45, 7) is 5.56. The fourth-order valence-corrected chi connectivity index (χ4v) is 2.60. The Hall–Kier alpha value is -2.34. The second kappa shape index (κ2) is 5.21. The highest BCUT2D eigenvalue weighted by Gasteiger charge is 2.18. The lowest BCUT2D eigenvalue weighted by Gasteiger charge is -2.19. The van der Waals surface area contributed by atoms with Gasteiger partial charge in [-0.1, -0.05) is 6.07 Å². The summed E-state index contributed by atoms with van der Waals surface area (Å²) in [5.74, 6) is 0.578. The van der Waals surface area contributed by atoms with Crippen LogP contribution in [0.3, 0.4) is 0 Å². The van der Waals surface area contributed by atoms with Gasteiger partial charge in [-0.25, -0.2) is 9.97 Å². The van der Waals surface area contributed by atoms with Crippen molar-refractivity contribution in [2.45, 2.75) is 26.8 Å². The molecular weight excluding hydrogens is 268 g/mol. The lowest BCUT2D eigenvalue weighted by Crippen LogP contribution is -2.26. The molecule has 0 aliphatic carbocycles. The number of nitro benzene ring substituents is 1. The molecule has 6 nitrogen and oxygen atoms in total. The number of fused-ring (bicyclic) bond motifs is 1. The number of nitrogens with one attached hydrogen (secondary N) is 1. The van der Waals surface area contributed by atoms with Gasteiger partial charge in [-0.2, -0.15) is 0 Å². The molecule has 1 aromatic carbocycles. The average Bonchev–Trinajstić information content (AvgIpc) is 2.47. The molecule has 108 valence electrons. The van der Waals surface area contributed by atoms with Crippen LogP contribution >= 0.6 is 0 Å². The van der Waals surface area contributed by atoms with Gasteiger partial charge in [0, 0.05) is 48.5 Å². The van der Waals surface area contributed by atoms with Crippen LogP contribution in [0.25, 0.3) is 11.4 Å². The first-order valence-electron chi connectivity index (χ1n) is 6.89. The van der Waals surface area contributed by atoms with Crippen molar-refractivity contribution in [1.29, 1.82) is 0 Å². The first-order valence-corrected chi connectivity index (χ1v) is 6.89. The molecule has 1 aliphatic heterocycles. The molecule has 2 aromatic rings. The number of hydrogen-bond acceptors (Lipinski definition) is 5. The van der Waals surface area contributed by atoms with E-state index in [-0.39, 0.29) is 5.69 Å². The third kappa shape index (κ3) is 2.50. The van der Waals surface area contributed by atoms with E-state index in [2.05, 4.69) is 15.3 Å². The number of nitrogens with zero attached hydrogens (tertiary/aromatic N) is 3. The Kier molecular flexibility index (Phi) is 3.39. The van der Waals surface area contributed by atoms with E-state index in [4.69, 9.17) is 0 Å². The fourth-order valence-electron chi connectivity index (χ4n) is 2.60. The van der Waals surface area contributed by atoms with Crippen LogP contribution in [0, 0.1) is 24.0 Å². The van der Waals surface area contributed by atoms with Gasteiger partial charge in [-0.05, 0) is 19.4 Å². The summed E-state index contributed by atoms with van der Waals surface area (Å²) in [5, 5.41) is 14.3. The molecule has 1 aromatic heterocycles. The van der Waals surface area contributed by atoms with Gasteiger partial charge in [0.25, 0.3) is 5.69 Å². The standard InChI is InChI=1S/C15H16N4O2/c1-9-3-4-11(19(20)21)7-12(9)15-17-10(2)13-8-16-6-5-14(13)18-15/h3-4,7,16H,5-6,8H2,1-2H3. The molecule has 6 heteroatoms. The maximum absolute atomic E-state index is 11.0. The van der Waals surface area contributed by atoms with E-state index < -0.39 is 4.92 Å². The summed E-state index contributed by atoms with van der Waals surface area (Å²) in [4.78, 5) is 19.7. The topological polar surface area (TPSA) is 81.0 Å². The van der Waals surface area contributed by atoms with Crippen molar-refractivity contribution in [1.82, 2.24) is 15.3 Å². The van der Waals surface area contributed by atoms with Crippen LogP contribution in [0.4, 0.5) is 5.69 Å². The Morgan fingerprint density at radius 1 is 1.29 bits per heavy atom. The zero-order valence-corrected chi connectivity index (χ0v) is 12.0. The molecule has 0 radical (unpaired) electrons. The van der Waals surface area contributed by atoms with Crippen LogP contribution < -0.4 is 5.32 Å². The first kappa shape index (κ1) is 13.6. The van der Waals surface area contributed by atoms with Crippen LogP contribution in [-0.2, 0) is 13.0 Å². The van der Waals surface area contributed by atoms with Gasteiger partial charge in [-0.3, -0.25) is 10.1 Å². The van der Waals surface area contributed by atoms with Gasteiger partial charge in [0.1, 0.15) is 0 Å². The number of nitro groups is 1. The normalized spacial score (nSPS) is 13.8. The maximum Gasteiger partial charge on any atom is 0.270 e. The van der Waals surface area contributed by atoms with Crippen molar-refractivity contribution < 1.29 is 4.92 Å². The zero-order chi connectivity index (χ0) is 15.0. The maximum atomic E-state index is 11.0. The van der Waals surface area contributed by atoms with Crippen LogP contribution in [0.5, 0.6) is 0 Å². The van der Waals surface area contributed by atoms with Gasteiger partial charge >= 0.3 is 0 Å². The Balaban J connectivity index is 2.14. The van der Waals surface area contributed by atoms with E-state index in [1.165, 1.54) is 6.07 Å². The highest BCUT2D eigenvalue weighted by atomic mass is 16.6. The molecule has 1 aliphatic rings. The molecule has 2 heterocycles. The Morgan fingerprint density at radius 3 is 2.86 bits per heavy atom. The molecule has 0 saturated carbocycles. The second-order valence-corrected chi connectivity index (χ2v) is 5.24. The molecule has 0 bridgehead atoms. The molecule has 0 amide bonds. The first-order chi connectivity index (χ1) is 10.1. The fraction of sp³-hybridized carbons (Fsp3) is 0.333. The van der Waals surface area contributed by atoms with E-state index >= 15 is 0 Å². The number of hydrogen-bond donors (Lipinski definition) is 1. The summed E-state index contributed by atoms with van der Waals surface area (Å²) in [6.07, 6.45) is 0.861. The Morgan fingerprint density at radius 2 is 2.10 bits per heavy atom. The van der Waals surface area contributed by atoms with Crippen LogP contribution in [0.15, 0.2) is 18.2 Å². The summed E-state index contributed by atoms with van der Waals surface area (Å²) < 4.78 is 0. The molecule has 3 rings (SSSR count). The summed E-state index contributed by atoms with van der Waals surface area (Å²) >= 11 is 0. The quantitative estimate of drug-likeness (QED) is 0.676. The van der Waals surface area contributed by atoms with E-state index in [0.29, 0.717) is 5.82 Å². The number of benzene rings is 1. The Bertz CT molecular complexity index is 728. The summed E-state index contributed by atoms with van der Waals surface area (Å²) in [6, 6.07) is 4.80. The van der Waals surface area contributed by atoms with Crippen molar-refractivity contribution in [2.24, 2.45) is 0 Å². The zero-order valence-electron chi connectivity index (χ0n) is 12.0. The molecule has 21 heavy (non-hydrogen) atoms. The van der Waals surface area contributed by atoms with E-state index in [0.717, 1.165) is 47.6 Å². The minimum absolute atomic E-state index is 0.0660. The SMILES string of the molecule is Cc1ccc([N+](=O)[O-])cc1-c1nc(C)c2c(n1)CCNC2. The number of aromatic nitrogens is 2. The number of non-ortho nitro benzene ring substituents is 1. The molecule has 0 unspecified atom stereocenters. The van der Waals surface area contributed by atoms with E-state index in [1.807, 2.05) is 13.8 Å². The van der Waals surface area contributed by atoms with Crippen molar-refractivity contribution in [2.75, 3.05) is 6.54 Å². The van der Waals surface area contributed by atoms with Crippen molar-refractivity contribution in [3.63, 3.8) is 0 Å². The molecule has 0 atom stereocenters. The van der Waals surface area contributed by atoms with Crippen LogP contribution in [-0.4, -0.2) is 21.4 Å². The number of aryl methyl sites for hydroxylation is 2. The van der Waals surface area contributed by atoms with Gasteiger partial charge < -0.3 is 5.32 Å². The third-order valence-electron chi connectivity index (χ3n) is 3.81. The smallest absolute Gasteiger partial charge is 0.270 e. The Labute approximate surface area is 122 Å². The van der Waals surface area contributed by atoms with Crippen molar-refractivity contribution >= 4 is 5.69 Å². The summed E-state index contributed by atoms with van der Waals surface area (Å²) in [7, 11) is 0. The minimum Gasteiger partial charge on any atom is -0.312 e. The van der Waals surface area contributed by atoms with E-state index in [9.17, 15) is 10.1 Å². The second-order valence-electron chi connectivity index (χ2n) is 5.24. The van der Waals surface area contributed by atoms with Crippen molar-refractivity contribution in [3.8, 4) is 11.4 Å². The monoisotopic (exact) mass is 284 g/mol. The van der Waals surface area contributed by atoms with Crippen LogP contribution in [0.1, 0.15) is 22.5 Å². The lowest BCUT2D eigenvalue weighted by atomic mass is 10.0. The number of rotatable bonds is 2. The highest BCUT2D eigenvalue weighted by Crippen LogP contribution is 2.27. The van der Waals surface area contributed by atoms with Gasteiger partial charge in [0.15, 0.2) is 5.82 Å². The predicted molar refractivity (Wildman–Crippen MR) is 79.0 cm³/mol. The molecule has 1 N–H and O–H groups in total.